The number of rotatable bonds is 3. The van der Waals surface area contributed by atoms with E-state index in [4.69, 9.17) is 26.1 Å². The van der Waals surface area contributed by atoms with Crippen LogP contribution >= 0.6 is 11.6 Å². The molecule has 2 aromatic heterocycles. The van der Waals surface area contributed by atoms with Gasteiger partial charge >= 0.3 is 6.09 Å². The van der Waals surface area contributed by atoms with Gasteiger partial charge in [0.05, 0.1) is 41.6 Å². The van der Waals surface area contributed by atoms with Crippen molar-refractivity contribution in [3.05, 3.63) is 46.5 Å². The maximum absolute atomic E-state index is 17.1. The zero-order chi connectivity index (χ0) is 33.5. The molecule has 0 saturated carbocycles. The number of halogens is 2. The molecule has 3 aliphatic heterocycles. The lowest BCUT2D eigenvalue weighted by atomic mass is 9.92. The van der Waals surface area contributed by atoms with Crippen LogP contribution in [0.1, 0.15) is 33.3 Å². The van der Waals surface area contributed by atoms with E-state index in [1.165, 1.54) is 0 Å². The van der Waals surface area contributed by atoms with Gasteiger partial charge in [-0.25, -0.2) is 19.0 Å². The molecule has 0 spiro atoms. The number of carbonyl (C=O) groups is 1. The minimum absolute atomic E-state index is 0.100. The number of nitrogens with one attached hydrogen (secondary N) is 1. The predicted molar refractivity (Wildman–Crippen MR) is 180 cm³/mol. The van der Waals surface area contributed by atoms with Crippen LogP contribution in [0, 0.1) is 12.7 Å². The molecular weight excluding hydrogens is 625 g/mol. The number of likely N-dealkylation sites (N-methyl/N-ethyl adjacent to an activating group) is 1. The topological polar surface area (TPSA) is 107 Å². The largest absolute Gasteiger partial charge is 0.470 e. The number of fused-ring (bicyclic) bond motifs is 5. The molecule has 47 heavy (non-hydrogen) atoms. The van der Waals surface area contributed by atoms with Crippen molar-refractivity contribution in [2.24, 2.45) is 0 Å². The molecule has 13 heteroatoms. The molecule has 246 valence electrons. The number of benzene rings is 2. The fraction of sp³-hybridized carbons (Fsp3) is 0.441. The molecule has 1 fully saturated rings. The van der Waals surface area contributed by atoms with Gasteiger partial charge in [-0.3, -0.25) is 5.10 Å². The summed E-state index contributed by atoms with van der Waals surface area (Å²) in [7, 11) is 3.86. The van der Waals surface area contributed by atoms with Crippen LogP contribution in [0.3, 0.4) is 0 Å². The molecule has 3 aliphatic rings. The van der Waals surface area contributed by atoms with Gasteiger partial charge in [0.1, 0.15) is 34.5 Å². The number of carbonyl (C=O) groups excluding carboxylic acids is 2. The Kier molecular flexibility index (Phi) is 7.38. The molecule has 1 saturated heterocycles. The second-order valence-electron chi connectivity index (χ2n) is 13.9. The fourth-order valence-corrected chi connectivity index (χ4v) is 7.42. The number of hydrogen-bond donors (Lipinski definition) is 1. The van der Waals surface area contributed by atoms with Gasteiger partial charge < -0.3 is 29.1 Å². The molecule has 0 bridgehead atoms. The highest BCUT2D eigenvalue weighted by atomic mass is 35.5. The van der Waals surface area contributed by atoms with Crippen LogP contribution < -0.4 is 14.5 Å². The number of aryl methyl sites for hydroxylation is 1. The van der Waals surface area contributed by atoms with Crippen molar-refractivity contribution in [1.82, 2.24) is 25.0 Å². The summed E-state index contributed by atoms with van der Waals surface area (Å²) in [6.07, 6.45) is 0.820. The van der Waals surface area contributed by atoms with Gasteiger partial charge in [0.25, 0.3) is 0 Å². The molecule has 11 nitrogen and oxygen atoms in total. The van der Waals surface area contributed by atoms with Gasteiger partial charge in [-0.05, 0) is 66.4 Å². The quantitative estimate of drug-likeness (QED) is 0.283. The molecule has 1 N–H and O–H groups in total. The summed E-state index contributed by atoms with van der Waals surface area (Å²) < 4.78 is 29.3. The summed E-state index contributed by atoms with van der Waals surface area (Å²) in [5.41, 5.74) is 3.43. The minimum atomic E-state index is -0.693. The maximum atomic E-state index is 17.1. The summed E-state index contributed by atoms with van der Waals surface area (Å²) >= 11 is 7.01. The van der Waals surface area contributed by atoms with E-state index in [2.05, 4.69) is 16.1 Å². The number of piperazine rings is 1. The van der Waals surface area contributed by atoms with Crippen LogP contribution in [-0.2, 0) is 9.53 Å². The van der Waals surface area contributed by atoms with Crippen molar-refractivity contribution in [2.45, 2.75) is 58.4 Å². The number of H-pyrrole nitrogens is 1. The highest BCUT2D eigenvalue weighted by Gasteiger charge is 2.48. The number of amides is 1. The fourth-order valence-electron chi connectivity index (χ4n) is 7.13. The van der Waals surface area contributed by atoms with Gasteiger partial charge in [-0.1, -0.05) is 17.7 Å². The Balaban J connectivity index is 1.46. The maximum Gasteiger partial charge on any atom is 0.410 e. The van der Waals surface area contributed by atoms with E-state index in [0.717, 1.165) is 16.5 Å². The average Bonchev–Trinajstić information content (AvgIpc) is 3.46. The zero-order valence-electron chi connectivity index (χ0n) is 27.4. The number of nitrogens with zero attached hydrogens (tertiary/aromatic N) is 6. The van der Waals surface area contributed by atoms with Crippen molar-refractivity contribution in [1.29, 1.82) is 0 Å². The third kappa shape index (κ3) is 5.06. The monoisotopic (exact) mass is 661 g/mol. The number of pyridine rings is 1. The first-order chi connectivity index (χ1) is 22.3. The van der Waals surface area contributed by atoms with Crippen LogP contribution in [0.15, 0.2) is 30.1 Å². The SMILES string of the molecule is Cc1ccc2[nH]ncc2c1-c1c(Cl)cc2c3c4c(nc2c1F)O[C@H](CN(C)C)CN4C(=C=O)[C@H]1CN(C(=O)OC(C)(C)C)[C@H](C)CN31. The van der Waals surface area contributed by atoms with Crippen LogP contribution in [-0.4, -0.2) is 101 Å². The minimum Gasteiger partial charge on any atom is -0.470 e. The van der Waals surface area contributed by atoms with Gasteiger partial charge in [-0.15, -0.1) is 0 Å². The average molecular weight is 662 g/mol. The lowest BCUT2D eigenvalue weighted by Gasteiger charge is -2.53. The lowest BCUT2D eigenvalue weighted by Crippen LogP contribution is -2.64. The van der Waals surface area contributed by atoms with Crippen molar-refractivity contribution in [2.75, 3.05) is 50.1 Å². The van der Waals surface area contributed by atoms with E-state index in [-0.39, 0.29) is 40.7 Å². The predicted octanol–water partition coefficient (Wildman–Crippen LogP) is 5.55. The van der Waals surface area contributed by atoms with E-state index in [1.54, 1.807) is 17.2 Å². The Labute approximate surface area is 276 Å². The first kappa shape index (κ1) is 31.2. The van der Waals surface area contributed by atoms with Crippen LogP contribution in [0.5, 0.6) is 5.88 Å². The molecule has 0 aliphatic carbocycles. The third-order valence-corrected chi connectivity index (χ3v) is 9.34. The number of ether oxygens (including phenoxy) is 2. The van der Waals surface area contributed by atoms with E-state index in [9.17, 15) is 9.59 Å². The third-order valence-electron chi connectivity index (χ3n) is 9.04. The molecule has 2 aromatic carbocycles. The van der Waals surface area contributed by atoms with Crippen molar-refractivity contribution in [3.63, 3.8) is 0 Å². The Bertz CT molecular complexity index is 2000. The first-order valence-electron chi connectivity index (χ1n) is 15.7. The standard InChI is InChI=1S/C34H37ClFN7O4/c1-17-8-9-23-21(11-37-39-23)26(17)27-22(35)10-20-29(28(27)36)38-32-31-30(20)42-12-18(2)41(33(45)47-34(3,4)5)15-24(42)25(16-44)43(31)14-19(46-32)13-40(6)7/h8-11,18-19,24H,12-15H2,1-7H3,(H,37,39)/t18-,19-,24-/m1/s1. The van der Waals surface area contributed by atoms with Gasteiger partial charge in [0, 0.05) is 41.0 Å². The number of aromatic nitrogens is 3. The zero-order valence-corrected chi connectivity index (χ0v) is 28.2. The Hall–Kier alpha value is -4.38. The van der Waals surface area contributed by atoms with Crippen LogP contribution in [0.25, 0.3) is 32.9 Å². The van der Waals surface area contributed by atoms with Gasteiger partial charge in [-0.2, -0.15) is 5.10 Å². The van der Waals surface area contributed by atoms with E-state index < -0.39 is 23.6 Å². The Morgan fingerprint density at radius 2 is 1.96 bits per heavy atom. The second kappa shape index (κ2) is 11.1. The van der Waals surface area contributed by atoms with Crippen molar-refractivity contribution < 1.29 is 23.5 Å². The molecular formula is C34H37ClFN7O4. The number of hydrogen-bond acceptors (Lipinski definition) is 9. The number of aromatic amines is 1. The van der Waals surface area contributed by atoms with Crippen LogP contribution in [0.4, 0.5) is 20.6 Å². The van der Waals surface area contributed by atoms with Crippen LogP contribution in [0.2, 0.25) is 5.02 Å². The molecule has 1 amide bonds. The van der Waals surface area contributed by atoms with Gasteiger partial charge in [0.15, 0.2) is 5.82 Å². The molecule has 5 heterocycles. The lowest BCUT2D eigenvalue weighted by molar-refractivity contribution is 0.0133. The van der Waals surface area contributed by atoms with Crippen molar-refractivity contribution >= 4 is 56.8 Å². The highest BCUT2D eigenvalue weighted by Crippen LogP contribution is 2.53. The molecule has 4 aromatic rings. The molecule has 0 unspecified atom stereocenters. The van der Waals surface area contributed by atoms with E-state index in [1.807, 2.05) is 75.5 Å². The second-order valence-corrected chi connectivity index (χ2v) is 14.3. The summed E-state index contributed by atoms with van der Waals surface area (Å²) in [6.45, 7) is 10.7. The Morgan fingerprint density at radius 3 is 2.66 bits per heavy atom. The number of anilines is 2. The first-order valence-corrected chi connectivity index (χ1v) is 16.0. The molecule has 0 radical (unpaired) electrons. The summed E-state index contributed by atoms with van der Waals surface area (Å²) in [6, 6.07) is 4.67. The smallest absolute Gasteiger partial charge is 0.410 e. The Morgan fingerprint density at radius 1 is 1.19 bits per heavy atom. The summed E-state index contributed by atoms with van der Waals surface area (Å²) in [5.74, 6) is 1.84. The normalized spacial score (nSPS) is 20.8. The molecule has 7 rings (SSSR count). The van der Waals surface area contributed by atoms with Crippen molar-refractivity contribution in [3.8, 4) is 17.0 Å². The highest BCUT2D eigenvalue weighted by molar-refractivity contribution is 6.35. The summed E-state index contributed by atoms with van der Waals surface area (Å²) in [5, 5.41) is 8.57. The van der Waals surface area contributed by atoms with Gasteiger partial charge in [0.2, 0.25) is 5.88 Å². The van der Waals surface area contributed by atoms with E-state index in [0.29, 0.717) is 47.7 Å². The summed E-state index contributed by atoms with van der Waals surface area (Å²) in [4.78, 5) is 38.5. The van der Waals surface area contributed by atoms with E-state index >= 15 is 4.39 Å². The molecule has 3 atom stereocenters.